The van der Waals surface area contributed by atoms with Gasteiger partial charge < -0.3 is 14.1 Å². The van der Waals surface area contributed by atoms with Gasteiger partial charge in [-0.05, 0) is 63.6 Å². The average molecular weight is 512 g/mol. The third-order valence-electron chi connectivity index (χ3n) is 5.65. The number of methoxy groups -OCH3 is 1. The summed E-state index contributed by atoms with van der Waals surface area (Å²) in [6.45, 7) is 5.93. The van der Waals surface area contributed by atoms with Gasteiger partial charge in [0.15, 0.2) is 5.75 Å². The van der Waals surface area contributed by atoms with E-state index in [1.807, 2.05) is 12.1 Å². The van der Waals surface area contributed by atoms with Crippen LogP contribution in [0.15, 0.2) is 23.8 Å². The van der Waals surface area contributed by atoms with E-state index in [1.165, 1.54) is 12.7 Å². The van der Waals surface area contributed by atoms with E-state index in [9.17, 15) is 14.2 Å². The fraction of sp³-hybridized carbons (Fsp3) is 0.583. The Morgan fingerprint density at radius 1 is 1.32 bits per heavy atom. The minimum absolute atomic E-state index is 0.0523. The van der Waals surface area contributed by atoms with E-state index in [4.69, 9.17) is 13.8 Å². The number of esters is 1. The highest BCUT2D eigenvalue weighted by atomic mass is 31.1. The van der Waals surface area contributed by atoms with E-state index in [0.717, 1.165) is 56.1 Å². The van der Waals surface area contributed by atoms with Gasteiger partial charge in [-0.3, -0.25) is 9.88 Å². The third-order valence-corrected chi connectivity index (χ3v) is 7.33. The zero-order chi connectivity index (χ0) is 24.9. The number of allylic oxidation sites excluding steroid dienone is 2. The van der Waals surface area contributed by atoms with Crippen molar-refractivity contribution in [3.63, 3.8) is 0 Å². The standard InChI is InChI=1S/C24H37N2O6P2/c1-5-6-7-10-19-15-21(31-33-26-18(3)24(28)30-4)23(20-11-8-9-17(2)14-20)22(16-19)32-34(29)25-12-13-27/h13-16,18,20,26,33H,5-12H2,1-4H3,(H,25,29)/q+1/t18-,20?/m0/s1. The Bertz CT molecular complexity index is 877. The number of benzene rings is 1. The molecule has 8 nitrogen and oxygen atoms in total. The zero-order valence-electron chi connectivity index (χ0n) is 20.5. The summed E-state index contributed by atoms with van der Waals surface area (Å²) in [5.41, 5.74) is 3.17. The second-order valence-corrected chi connectivity index (χ2v) is 10.2. The van der Waals surface area contributed by atoms with Crippen molar-refractivity contribution in [1.82, 2.24) is 10.2 Å². The molecule has 3 unspecified atom stereocenters. The lowest BCUT2D eigenvalue weighted by Gasteiger charge is -2.24. The van der Waals surface area contributed by atoms with E-state index >= 15 is 0 Å². The van der Waals surface area contributed by atoms with E-state index in [2.05, 4.69) is 30.1 Å². The Hall–Kier alpha value is -1.85. The Morgan fingerprint density at radius 2 is 2.09 bits per heavy atom. The molecular formula is C24H37N2O6P2+. The van der Waals surface area contributed by atoms with Crippen LogP contribution in [0, 0.1) is 0 Å². The van der Waals surface area contributed by atoms with Crippen LogP contribution in [-0.2, 0) is 25.3 Å². The molecule has 1 aromatic carbocycles. The molecule has 0 bridgehead atoms. The lowest BCUT2D eigenvalue weighted by atomic mass is 9.84. The van der Waals surface area contributed by atoms with E-state index in [1.54, 1.807) is 6.92 Å². The third kappa shape index (κ3) is 9.07. The molecule has 0 saturated carbocycles. The minimum Gasteiger partial charge on any atom is -0.468 e. The summed E-state index contributed by atoms with van der Waals surface area (Å²) in [5.74, 6) is 0.852. The van der Waals surface area contributed by atoms with E-state index in [-0.39, 0.29) is 27.4 Å². The molecule has 0 aromatic heterocycles. The smallest absolute Gasteiger partial charge is 0.468 e. The Balaban J connectivity index is 2.41. The number of nitrogens with one attached hydrogen (secondary N) is 2. The molecule has 0 radical (unpaired) electrons. The molecule has 1 aliphatic rings. The van der Waals surface area contributed by atoms with Crippen LogP contribution in [-0.4, -0.2) is 32.0 Å². The maximum atomic E-state index is 12.5. The first-order chi connectivity index (χ1) is 16.4. The number of carbonyl (C=O) groups excluding carboxylic acids is 2. The van der Waals surface area contributed by atoms with Crippen molar-refractivity contribution in [2.45, 2.75) is 77.7 Å². The molecule has 0 spiro atoms. The van der Waals surface area contributed by atoms with Crippen LogP contribution in [0.3, 0.4) is 0 Å². The van der Waals surface area contributed by atoms with Gasteiger partial charge in [-0.2, -0.15) is 0 Å². The summed E-state index contributed by atoms with van der Waals surface area (Å²) in [6, 6.07) is 3.46. The highest BCUT2D eigenvalue weighted by molar-refractivity contribution is 7.37. The molecule has 188 valence electrons. The van der Waals surface area contributed by atoms with Crippen molar-refractivity contribution in [1.29, 1.82) is 0 Å². The first-order valence-corrected chi connectivity index (χ1v) is 13.9. The quantitative estimate of drug-likeness (QED) is 0.105. The predicted molar refractivity (Wildman–Crippen MR) is 136 cm³/mol. The lowest BCUT2D eigenvalue weighted by molar-refractivity contribution is -0.142. The summed E-state index contributed by atoms with van der Waals surface area (Å²) >= 11 is 0. The van der Waals surface area contributed by atoms with Crippen LogP contribution in [0.25, 0.3) is 0 Å². The van der Waals surface area contributed by atoms with Gasteiger partial charge in [0.2, 0.25) is 0 Å². The monoisotopic (exact) mass is 511 g/mol. The number of rotatable bonds is 15. The predicted octanol–water partition coefficient (Wildman–Crippen LogP) is 5.50. The molecule has 2 N–H and O–H groups in total. The van der Waals surface area contributed by atoms with Crippen LogP contribution in [0.2, 0.25) is 0 Å². The number of carbonyl (C=O) groups is 2. The number of aldehydes is 1. The normalized spacial score (nSPS) is 17.2. The highest BCUT2D eigenvalue weighted by Gasteiger charge is 2.29. The largest absolute Gasteiger partial charge is 0.664 e. The molecule has 34 heavy (non-hydrogen) atoms. The van der Waals surface area contributed by atoms with Gasteiger partial charge >= 0.3 is 14.1 Å². The van der Waals surface area contributed by atoms with Crippen molar-refractivity contribution in [3.8, 4) is 11.5 Å². The fourth-order valence-electron chi connectivity index (χ4n) is 3.88. The van der Waals surface area contributed by atoms with E-state index < -0.39 is 14.2 Å². The molecule has 10 heteroatoms. The molecule has 1 aromatic rings. The number of hydrogen-bond donors (Lipinski definition) is 2. The lowest BCUT2D eigenvalue weighted by Crippen LogP contribution is -2.29. The van der Waals surface area contributed by atoms with Crippen LogP contribution in [0.4, 0.5) is 0 Å². The van der Waals surface area contributed by atoms with Crippen molar-refractivity contribution in [2.24, 2.45) is 0 Å². The van der Waals surface area contributed by atoms with Crippen LogP contribution < -0.4 is 19.2 Å². The molecule has 1 aliphatic carbocycles. The summed E-state index contributed by atoms with van der Waals surface area (Å²) < 4.78 is 29.3. The second kappa shape index (κ2) is 15.2. The van der Waals surface area contributed by atoms with Crippen molar-refractivity contribution >= 4 is 29.4 Å². The Labute approximate surface area is 205 Å². The molecule has 4 atom stereocenters. The van der Waals surface area contributed by atoms with Gasteiger partial charge in [0.25, 0.3) is 0 Å². The van der Waals surface area contributed by atoms with Gasteiger partial charge in [0.05, 0.1) is 13.7 Å². The van der Waals surface area contributed by atoms with E-state index in [0.29, 0.717) is 17.8 Å². The molecule has 0 heterocycles. The summed E-state index contributed by atoms with van der Waals surface area (Å²) in [4.78, 5) is 22.4. The molecular weight excluding hydrogens is 474 g/mol. The molecule has 0 saturated heterocycles. The molecule has 0 aliphatic heterocycles. The van der Waals surface area contributed by atoms with Gasteiger partial charge in [-0.1, -0.05) is 36.5 Å². The van der Waals surface area contributed by atoms with Crippen molar-refractivity contribution in [2.75, 3.05) is 13.7 Å². The first-order valence-electron chi connectivity index (χ1n) is 11.8. The van der Waals surface area contributed by atoms with Crippen molar-refractivity contribution in [3.05, 3.63) is 34.9 Å². The summed E-state index contributed by atoms with van der Waals surface area (Å²) in [7, 11) is -1.10. The van der Waals surface area contributed by atoms with Crippen LogP contribution >= 0.6 is 17.1 Å². The minimum atomic E-state index is -2.27. The second-order valence-electron chi connectivity index (χ2n) is 8.45. The number of ether oxygens (including phenoxy) is 1. The number of aryl methyl sites for hydroxylation is 1. The average Bonchev–Trinajstić information content (AvgIpc) is 2.82. The van der Waals surface area contributed by atoms with Crippen LogP contribution in [0.5, 0.6) is 11.5 Å². The Morgan fingerprint density at radius 3 is 2.76 bits per heavy atom. The SMILES string of the molecule is CCCCCc1cc(OPN[C@@H](C)C(=O)OC)c(C2C=C(C)CCC2)c(O[P+](=O)NCC=O)c1. The van der Waals surface area contributed by atoms with Gasteiger partial charge in [0.1, 0.15) is 27.0 Å². The first kappa shape index (κ1) is 28.4. The Kier molecular flexibility index (Phi) is 12.7. The van der Waals surface area contributed by atoms with Gasteiger partial charge in [-0.25, -0.2) is 4.52 Å². The highest BCUT2D eigenvalue weighted by Crippen LogP contribution is 2.45. The fourth-order valence-corrected chi connectivity index (χ4v) is 5.14. The van der Waals surface area contributed by atoms with Crippen LogP contribution in [0.1, 0.15) is 76.3 Å². The molecule has 2 rings (SSSR count). The van der Waals surface area contributed by atoms with Gasteiger partial charge in [0, 0.05) is 16.0 Å². The maximum Gasteiger partial charge on any atom is 0.664 e. The molecule has 0 fully saturated rings. The maximum absolute atomic E-state index is 12.5. The number of hydrogen-bond acceptors (Lipinski definition) is 7. The summed E-state index contributed by atoms with van der Waals surface area (Å²) in [5, 5.41) is 5.64. The number of unbranched alkanes of at least 4 members (excludes halogenated alkanes) is 2. The van der Waals surface area contributed by atoms with Crippen molar-refractivity contribution < 1.29 is 27.9 Å². The zero-order valence-corrected chi connectivity index (χ0v) is 22.4. The summed E-state index contributed by atoms with van der Waals surface area (Å²) in [6.07, 6.45) is 9.95. The van der Waals surface area contributed by atoms with Gasteiger partial charge in [-0.15, -0.1) is 0 Å². The molecule has 0 amide bonds. The topological polar surface area (TPSA) is 103 Å².